The minimum absolute atomic E-state index is 0.115. The molecule has 0 bridgehead atoms. The van der Waals surface area contributed by atoms with Crippen LogP contribution < -0.4 is 0 Å². The van der Waals surface area contributed by atoms with Gasteiger partial charge in [-0.15, -0.1) is 0 Å². The Morgan fingerprint density at radius 1 is 0.193 bits per heavy atom. The Morgan fingerprint density at radius 2 is 0.456 bits per heavy atom. The average Bonchev–Trinajstić information content (AvgIpc) is 1.28. The molecule has 0 saturated carbocycles. The number of unbranched alkanes of at least 4 members (excludes halogenated alkanes) is 20. The Hall–Kier alpha value is -10.6. The molecule has 0 aliphatic heterocycles. The first kappa shape index (κ1) is 78.7. The van der Waals surface area contributed by atoms with Crippen molar-refractivity contribution in [3.8, 4) is 135 Å². The smallest absolute Gasteiger partial charge is 0.198 e. The maximum atomic E-state index is 5.79. The van der Waals surface area contributed by atoms with Crippen molar-refractivity contribution in [2.24, 2.45) is 0 Å². The van der Waals surface area contributed by atoms with Gasteiger partial charge in [0.05, 0.1) is 34.2 Å². The highest BCUT2D eigenvalue weighted by Crippen LogP contribution is 2.58. The summed E-state index contributed by atoms with van der Waals surface area (Å²) in [6, 6.07) is 94.5. The summed E-state index contributed by atoms with van der Waals surface area (Å²) in [6.07, 6.45) is 34.5. The van der Waals surface area contributed by atoms with Crippen molar-refractivity contribution in [2.75, 3.05) is 0 Å². The van der Waals surface area contributed by atoms with Gasteiger partial charge in [-0.2, -0.15) is 0 Å². The molecule has 578 valence electrons. The summed E-state index contributed by atoms with van der Waals surface area (Å²) in [5, 5.41) is 0. The van der Waals surface area contributed by atoms with Crippen molar-refractivity contribution in [1.29, 1.82) is 0 Å². The minimum Gasteiger partial charge on any atom is -0.228 e. The molecule has 10 aromatic carbocycles. The van der Waals surface area contributed by atoms with E-state index < -0.39 is 0 Å². The second kappa shape index (κ2) is 37.6. The highest BCUT2D eigenvalue weighted by molar-refractivity contribution is 5.89. The Balaban J connectivity index is 0.874. The third kappa shape index (κ3) is 17.8. The predicted octanol–water partition coefficient (Wildman–Crippen LogP) is 30.9. The first-order chi connectivity index (χ1) is 56.1. The molecule has 0 N–H and O–H groups in total. The summed E-state index contributed by atoms with van der Waals surface area (Å²) < 4.78 is 0. The molecule has 15 rings (SSSR count). The Bertz CT molecular complexity index is 5260. The Kier molecular flexibility index (Phi) is 26.0. The van der Waals surface area contributed by atoms with Gasteiger partial charge >= 0.3 is 0 Å². The molecule has 0 unspecified atom stereocenters. The van der Waals surface area contributed by atoms with E-state index in [2.05, 4.69) is 296 Å². The van der Waals surface area contributed by atoms with Gasteiger partial charge in [0.1, 0.15) is 0 Å². The molecular formula is C108H116N6. The fraction of sp³-hybridized carbons (Fsp3) is 0.333. The maximum absolute atomic E-state index is 5.79. The summed E-state index contributed by atoms with van der Waals surface area (Å²) >= 11 is 0. The second-order valence-corrected chi connectivity index (χ2v) is 33.1. The zero-order chi connectivity index (χ0) is 78.1. The van der Waals surface area contributed by atoms with E-state index in [9.17, 15) is 0 Å². The monoisotopic (exact) mass is 1500 g/mol. The Labute approximate surface area is 681 Å². The van der Waals surface area contributed by atoms with Gasteiger partial charge in [0.15, 0.2) is 17.5 Å². The SMILES string of the molecule is CCCCCCCCC1(CCCCCCCC)c2cc(C)ccc2-c2ccc(-c3cc(-c4ccc5c(c4)C(CCCCCCCC)(CCCCCCCC)c4cc(-c6cccc(-c7cc(-c8ccc(-c9ccc(C)cc9)cc8)nc(-c8ccccc8)n7)c6)ccc4-5)nc(-c4nc(-c5ccccc5)cc(-c5ccccc5)n4)n3)cc21. The van der Waals surface area contributed by atoms with Gasteiger partial charge in [-0.05, 0) is 149 Å². The highest BCUT2D eigenvalue weighted by atomic mass is 15.0. The molecule has 3 heterocycles. The second-order valence-electron chi connectivity index (χ2n) is 33.1. The van der Waals surface area contributed by atoms with E-state index in [-0.39, 0.29) is 10.8 Å². The first-order valence-corrected chi connectivity index (χ1v) is 43.8. The lowest BCUT2D eigenvalue weighted by Gasteiger charge is -2.33. The van der Waals surface area contributed by atoms with E-state index in [1.807, 2.05) is 0 Å². The zero-order valence-corrected chi connectivity index (χ0v) is 68.7. The normalized spacial score (nSPS) is 12.9. The fourth-order valence-corrected chi connectivity index (χ4v) is 18.6. The predicted molar refractivity (Wildman–Crippen MR) is 481 cm³/mol. The summed E-state index contributed by atoms with van der Waals surface area (Å²) in [5.41, 5.74) is 30.9. The third-order valence-electron chi connectivity index (χ3n) is 24.9. The molecule has 2 aliphatic rings. The van der Waals surface area contributed by atoms with E-state index in [0.717, 1.165) is 112 Å². The Morgan fingerprint density at radius 3 is 0.868 bits per heavy atom. The van der Waals surface area contributed by atoms with Crippen molar-refractivity contribution < 1.29 is 0 Å². The van der Waals surface area contributed by atoms with Crippen molar-refractivity contribution in [2.45, 2.75) is 232 Å². The van der Waals surface area contributed by atoms with E-state index in [0.29, 0.717) is 17.5 Å². The van der Waals surface area contributed by atoms with Gasteiger partial charge in [-0.25, -0.2) is 29.9 Å². The third-order valence-corrected chi connectivity index (χ3v) is 24.9. The van der Waals surface area contributed by atoms with Gasteiger partial charge in [-0.3, -0.25) is 0 Å². The van der Waals surface area contributed by atoms with E-state index in [4.69, 9.17) is 29.9 Å². The number of aryl methyl sites for hydroxylation is 2. The molecule has 2 aliphatic carbocycles. The molecule has 0 radical (unpaired) electrons. The van der Waals surface area contributed by atoms with Crippen LogP contribution in [-0.2, 0) is 10.8 Å². The summed E-state index contributed by atoms with van der Waals surface area (Å²) in [6.45, 7) is 13.8. The lowest BCUT2D eigenvalue weighted by Crippen LogP contribution is -2.26. The molecule has 114 heavy (non-hydrogen) atoms. The minimum atomic E-state index is -0.260. The quantitative estimate of drug-likeness (QED) is 0.0359. The lowest BCUT2D eigenvalue weighted by molar-refractivity contribution is 0.398. The van der Waals surface area contributed by atoms with Crippen LogP contribution in [0.2, 0.25) is 0 Å². The summed E-state index contributed by atoms with van der Waals surface area (Å²) in [5.74, 6) is 1.74. The van der Waals surface area contributed by atoms with E-state index in [1.165, 1.54) is 219 Å². The molecule has 3 aromatic heterocycles. The number of aromatic nitrogens is 6. The highest BCUT2D eigenvalue weighted by Gasteiger charge is 2.45. The number of hydrogen-bond donors (Lipinski definition) is 0. The van der Waals surface area contributed by atoms with Crippen LogP contribution in [-0.4, -0.2) is 29.9 Å². The van der Waals surface area contributed by atoms with Crippen molar-refractivity contribution in [3.05, 3.63) is 288 Å². The molecule has 0 amide bonds. The van der Waals surface area contributed by atoms with Gasteiger partial charge in [0.25, 0.3) is 0 Å². The molecule has 0 fully saturated rings. The van der Waals surface area contributed by atoms with Crippen LogP contribution in [0.1, 0.15) is 241 Å². The van der Waals surface area contributed by atoms with E-state index in [1.54, 1.807) is 0 Å². The number of hydrogen-bond acceptors (Lipinski definition) is 6. The van der Waals surface area contributed by atoms with E-state index >= 15 is 0 Å². The summed E-state index contributed by atoms with van der Waals surface area (Å²) in [7, 11) is 0. The molecule has 0 spiro atoms. The summed E-state index contributed by atoms with van der Waals surface area (Å²) in [4.78, 5) is 33.2. The van der Waals surface area contributed by atoms with Crippen LogP contribution in [0, 0.1) is 13.8 Å². The molecule has 6 heteroatoms. The molecule has 13 aromatic rings. The van der Waals surface area contributed by atoms with Crippen LogP contribution in [0.5, 0.6) is 0 Å². The number of nitrogens with zero attached hydrogens (tertiary/aromatic N) is 6. The van der Waals surface area contributed by atoms with Gasteiger partial charge < -0.3 is 0 Å². The van der Waals surface area contributed by atoms with Crippen molar-refractivity contribution in [1.82, 2.24) is 29.9 Å². The van der Waals surface area contributed by atoms with Crippen molar-refractivity contribution >= 4 is 0 Å². The van der Waals surface area contributed by atoms with Gasteiger partial charge in [0, 0.05) is 49.8 Å². The van der Waals surface area contributed by atoms with Crippen molar-refractivity contribution in [3.63, 3.8) is 0 Å². The number of fused-ring (bicyclic) bond motifs is 6. The standard InChI is InChI=1S/C108H116N6/c1-7-11-15-19-23-36-65-107(66-37-24-20-16-12-8-2)94-69-78(6)51-61-90(94)92-63-59-88(72-96(92)107)102-76-103(114-106(113-102)105-111-98(81-41-30-27-31-42-81)74-99(112-105)82-43-32-28-33-44-82)89-60-64-93-91-62-58-86(71-95(91)108(97(93)73-89,67-38-25-21-17-13-9-3)68-39-26-22-18-14-10-4)85-47-40-48-87(70-85)101-75-100(109-104(110-101)84-45-34-29-35-46-84)83-56-54-80(55-57-83)79-52-49-77(5)50-53-79/h27-35,40-64,69-76H,7-26,36-39,65-68H2,1-6H3. The molecule has 6 nitrogen and oxygen atoms in total. The van der Waals surface area contributed by atoms with Gasteiger partial charge in [0.2, 0.25) is 0 Å². The molecule has 0 saturated heterocycles. The van der Waals surface area contributed by atoms with Crippen LogP contribution in [0.3, 0.4) is 0 Å². The number of rotatable bonds is 38. The fourth-order valence-electron chi connectivity index (χ4n) is 18.6. The topological polar surface area (TPSA) is 77.3 Å². The van der Waals surface area contributed by atoms with Crippen LogP contribution in [0.4, 0.5) is 0 Å². The van der Waals surface area contributed by atoms with Gasteiger partial charge in [-0.1, -0.05) is 405 Å². The largest absolute Gasteiger partial charge is 0.228 e. The average molecular weight is 1500 g/mol. The van der Waals surface area contributed by atoms with Crippen LogP contribution >= 0.6 is 0 Å². The van der Waals surface area contributed by atoms with Crippen LogP contribution in [0.25, 0.3) is 135 Å². The maximum Gasteiger partial charge on any atom is 0.198 e. The molecule has 0 atom stereocenters. The lowest BCUT2D eigenvalue weighted by atomic mass is 9.70. The zero-order valence-electron chi connectivity index (χ0n) is 68.7. The number of benzene rings is 10. The molecular weight excluding hydrogens is 1380 g/mol. The van der Waals surface area contributed by atoms with Crippen LogP contribution in [0.15, 0.2) is 255 Å². The first-order valence-electron chi connectivity index (χ1n) is 43.8.